The summed E-state index contributed by atoms with van der Waals surface area (Å²) in [4.78, 5) is 11.7. The molecule has 0 fully saturated rings. The zero-order valence-corrected chi connectivity index (χ0v) is 7.31. The lowest BCUT2D eigenvalue weighted by atomic mass is 10.1. The van der Waals surface area contributed by atoms with Crippen LogP contribution in [-0.4, -0.2) is 10.9 Å². The Bertz CT molecular complexity index is 448. The van der Waals surface area contributed by atoms with E-state index < -0.39 is 0 Å². The van der Waals surface area contributed by atoms with Gasteiger partial charge in [-0.05, 0) is 0 Å². The Labute approximate surface area is 80.3 Å². The first-order valence-electron chi connectivity index (χ1n) is 4.08. The van der Waals surface area contributed by atoms with Gasteiger partial charge in [-0.3, -0.25) is 4.79 Å². The Balaban J connectivity index is 2.39. The molecule has 0 aliphatic carbocycles. The SMILES string of the molecule is Nc1conc1C(=O)c1ccccc1. The van der Waals surface area contributed by atoms with Crippen LogP contribution in [0, 0.1) is 0 Å². The van der Waals surface area contributed by atoms with E-state index in [9.17, 15) is 4.79 Å². The van der Waals surface area contributed by atoms with Crippen LogP contribution in [0.15, 0.2) is 41.1 Å². The van der Waals surface area contributed by atoms with Crippen molar-refractivity contribution < 1.29 is 9.32 Å². The monoisotopic (exact) mass is 188 g/mol. The molecule has 2 aromatic rings. The third kappa shape index (κ3) is 1.37. The number of carbonyl (C=O) groups is 1. The molecular weight excluding hydrogens is 180 g/mol. The predicted molar refractivity (Wildman–Crippen MR) is 50.8 cm³/mol. The molecule has 0 spiro atoms. The van der Waals surface area contributed by atoms with Crippen molar-refractivity contribution in [1.82, 2.24) is 5.16 Å². The van der Waals surface area contributed by atoms with Crippen molar-refractivity contribution in [2.24, 2.45) is 0 Å². The van der Waals surface area contributed by atoms with Crippen molar-refractivity contribution >= 4 is 11.5 Å². The van der Waals surface area contributed by atoms with Gasteiger partial charge in [0.05, 0.1) is 0 Å². The molecule has 0 bridgehead atoms. The highest BCUT2D eigenvalue weighted by molar-refractivity contribution is 6.10. The summed E-state index contributed by atoms with van der Waals surface area (Å²) in [5, 5.41) is 3.54. The molecule has 0 unspecified atom stereocenters. The van der Waals surface area contributed by atoms with Crippen molar-refractivity contribution in [3.63, 3.8) is 0 Å². The van der Waals surface area contributed by atoms with Crippen molar-refractivity contribution in [3.8, 4) is 0 Å². The van der Waals surface area contributed by atoms with Gasteiger partial charge in [-0.2, -0.15) is 0 Å². The molecule has 1 aromatic heterocycles. The largest absolute Gasteiger partial charge is 0.394 e. The van der Waals surface area contributed by atoms with E-state index in [1.165, 1.54) is 6.26 Å². The average molecular weight is 188 g/mol. The fourth-order valence-corrected chi connectivity index (χ4v) is 1.14. The number of nitrogens with zero attached hydrogens (tertiary/aromatic N) is 1. The van der Waals surface area contributed by atoms with Crippen LogP contribution in [0.25, 0.3) is 0 Å². The summed E-state index contributed by atoms with van der Waals surface area (Å²) in [7, 11) is 0. The van der Waals surface area contributed by atoms with E-state index in [1.807, 2.05) is 6.07 Å². The Kier molecular flexibility index (Phi) is 2.02. The molecule has 2 N–H and O–H groups in total. The molecule has 0 saturated heterocycles. The number of ketones is 1. The maximum atomic E-state index is 11.7. The quantitative estimate of drug-likeness (QED) is 0.725. The smallest absolute Gasteiger partial charge is 0.217 e. The van der Waals surface area contributed by atoms with Crippen molar-refractivity contribution in [2.75, 3.05) is 5.73 Å². The molecule has 0 aliphatic heterocycles. The first-order chi connectivity index (χ1) is 6.79. The standard InChI is InChI=1S/C10H8N2O2/c11-8-6-14-12-9(8)10(13)7-4-2-1-3-5-7/h1-6H,11H2. The van der Waals surface area contributed by atoms with E-state index in [4.69, 9.17) is 5.73 Å². The molecule has 0 saturated carbocycles. The molecule has 2 rings (SSSR count). The van der Waals surface area contributed by atoms with Crippen LogP contribution in [0.5, 0.6) is 0 Å². The van der Waals surface area contributed by atoms with Gasteiger partial charge >= 0.3 is 0 Å². The third-order valence-electron chi connectivity index (χ3n) is 1.85. The highest BCUT2D eigenvalue weighted by atomic mass is 16.5. The Morgan fingerprint density at radius 1 is 1.29 bits per heavy atom. The topological polar surface area (TPSA) is 69.1 Å². The summed E-state index contributed by atoms with van der Waals surface area (Å²) in [5.74, 6) is -0.225. The van der Waals surface area contributed by atoms with Crippen LogP contribution >= 0.6 is 0 Å². The van der Waals surface area contributed by atoms with Crippen LogP contribution in [0.1, 0.15) is 16.1 Å². The molecule has 1 heterocycles. The maximum absolute atomic E-state index is 11.7. The predicted octanol–water partition coefficient (Wildman–Crippen LogP) is 1.49. The molecule has 0 aliphatic rings. The number of anilines is 1. The van der Waals surface area contributed by atoms with Gasteiger partial charge in [0.2, 0.25) is 5.78 Å². The molecule has 0 amide bonds. The van der Waals surface area contributed by atoms with Crippen LogP contribution in [0.4, 0.5) is 5.69 Å². The van der Waals surface area contributed by atoms with E-state index in [-0.39, 0.29) is 17.2 Å². The number of carbonyl (C=O) groups excluding carboxylic acids is 1. The van der Waals surface area contributed by atoms with Gasteiger partial charge in [-0.25, -0.2) is 0 Å². The van der Waals surface area contributed by atoms with Gasteiger partial charge in [0.1, 0.15) is 12.0 Å². The fourth-order valence-electron chi connectivity index (χ4n) is 1.14. The van der Waals surface area contributed by atoms with E-state index in [1.54, 1.807) is 24.3 Å². The lowest BCUT2D eigenvalue weighted by Gasteiger charge is -1.96. The van der Waals surface area contributed by atoms with Gasteiger partial charge in [0.25, 0.3) is 0 Å². The van der Waals surface area contributed by atoms with E-state index in [0.717, 1.165) is 0 Å². The first kappa shape index (κ1) is 8.50. The number of nitrogen functional groups attached to an aromatic ring is 1. The van der Waals surface area contributed by atoms with Gasteiger partial charge in [0.15, 0.2) is 5.69 Å². The van der Waals surface area contributed by atoms with E-state index in [0.29, 0.717) is 5.56 Å². The highest BCUT2D eigenvalue weighted by Gasteiger charge is 2.15. The normalized spacial score (nSPS) is 10.0. The van der Waals surface area contributed by atoms with Gasteiger partial charge < -0.3 is 10.3 Å². The number of rotatable bonds is 2. The van der Waals surface area contributed by atoms with E-state index >= 15 is 0 Å². The molecule has 14 heavy (non-hydrogen) atoms. The van der Waals surface area contributed by atoms with E-state index in [2.05, 4.69) is 9.68 Å². The van der Waals surface area contributed by atoms with Crippen LogP contribution < -0.4 is 5.73 Å². The summed E-state index contributed by atoms with van der Waals surface area (Å²) in [6.07, 6.45) is 1.25. The summed E-state index contributed by atoms with van der Waals surface area (Å²) >= 11 is 0. The Hall–Kier alpha value is -2.10. The summed E-state index contributed by atoms with van der Waals surface area (Å²) in [6, 6.07) is 8.81. The zero-order valence-electron chi connectivity index (χ0n) is 7.31. The molecule has 0 radical (unpaired) electrons. The fraction of sp³-hybridized carbons (Fsp3) is 0. The first-order valence-corrected chi connectivity index (χ1v) is 4.08. The number of benzene rings is 1. The molecule has 70 valence electrons. The second-order valence-electron chi connectivity index (χ2n) is 2.81. The Morgan fingerprint density at radius 3 is 2.57 bits per heavy atom. The van der Waals surface area contributed by atoms with Crippen LogP contribution in [0.3, 0.4) is 0 Å². The number of hydrogen-bond donors (Lipinski definition) is 1. The molecule has 0 atom stereocenters. The molecular formula is C10H8N2O2. The number of hydrogen-bond acceptors (Lipinski definition) is 4. The average Bonchev–Trinajstić information content (AvgIpc) is 2.65. The minimum atomic E-state index is -0.225. The van der Waals surface area contributed by atoms with Gasteiger partial charge in [-0.1, -0.05) is 35.5 Å². The Morgan fingerprint density at radius 2 is 2.00 bits per heavy atom. The van der Waals surface area contributed by atoms with Crippen molar-refractivity contribution in [3.05, 3.63) is 47.9 Å². The minimum absolute atomic E-state index is 0.163. The highest BCUT2D eigenvalue weighted by Crippen LogP contribution is 2.13. The summed E-state index contributed by atoms with van der Waals surface area (Å²) in [5.41, 5.74) is 6.48. The lowest BCUT2D eigenvalue weighted by molar-refractivity contribution is 0.103. The van der Waals surface area contributed by atoms with Crippen LogP contribution in [-0.2, 0) is 0 Å². The summed E-state index contributed by atoms with van der Waals surface area (Å²) in [6.45, 7) is 0. The van der Waals surface area contributed by atoms with Crippen LogP contribution in [0.2, 0.25) is 0 Å². The molecule has 1 aromatic carbocycles. The minimum Gasteiger partial charge on any atom is -0.394 e. The zero-order chi connectivity index (χ0) is 9.97. The number of aromatic nitrogens is 1. The number of nitrogens with two attached hydrogens (primary N) is 1. The third-order valence-corrected chi connectivity index (χ3v) is 1.85. The molecule has 4 nitrogen and oxygen atoms in total. The lowest BCUT2D eigenvalue weighted by Crippen LogP contribution is -2.04. The second kappa shape index (κ2) is 3.33. The van der Waals surface area contributed by atoms with Crippen molar-refractivity contribution in [1.29, 1.82) is 0 Å². The van der Waals surface area contributed by atoms with Gasteiger partial charge in [0, 0.05) is 5.56 Å². The summed E-state index contributed by atoms with van der Waals surface area (Å²) < 4.78 is 4.59. The maximum Gasteiger partial charge on any atom is 0.217 e. The van der Waals surface area contributed by atoms with Gasteiger partial charge in [-0.15, -0.1) is 0 Å². The van der Waals surface area contributed by atoms with Crippen molar-refractivity contribution in [2.45, 2.75) is 0 Å². The second-order valence-corrected chi connectivity index (χ2v) is 2.81. The molecule has 4 heteroatoms.